The van der Waals surface area contributed by atoms with Crippen LogP contribution in [0.4, 0.5) is 0 Å². The molecule has 0 aromatic rings. The number of allylic oxidation sites excluding steroid dienone is 22. The maximum atomic E-state index is 13.0. The average Bonchev–Trinajstić information content (AvgIpc) is 3.45. The Balaban J connectivity index is 4.83. The molecule has 0 rings (SSSR count). The molecule has 0 amide bonds. The Bertz CT molecular complexity index is 1850. The van der Waals surface area contributed by atoms with Crippen LogP contribution in [0.1, 0.15) is 239 Å². The highest BCUT2D eigenvalue weighted by molar-refractivity contribution is 7.47. The normalized spacial score (nSPS) is 14.2. The topological polar surface area (TPSA) is 155 Å². The van der Waals surface area contributed by atoms with Crippen molar-refractivity contribution in [2.24, 2.45) is 0 Å². The summed E-state index contributed by atoms with van der Waals surface area (Å²) in [6.07, 6.45) is 76.9. The van der Waals surface area contributed by atoms with Crippen molar-refractivity contribution in [3.63, 3.8) is 0 Å². The number of unbranched alkanes of at least 4 members (excludes halogenated alkanes) is 17. The molecule has 0 aromatic heterocycles. The van der Waals surface area contributed by atoms with Gasteiger partial charge in [0.05, 0.1) is 19.8 Å². The van der Waals surface area contributed by atoms with E-state index in [-0.39, 0.29) is 25.9 Å². The van der Waals surface area contributed by atoms with Crippen LogP contribution in [0.5, 0.6) is 0 Å². The molecule has 11 nitrogen and oxygen atoms in total. The second-order valence-electron chi connectivity index (χ2n) is 20.1. The molecule has 0 bridgehead atoms. The standard InChI is InChI=1S/C68H111O11P/c1-4-7-10-13-16-19-22-25-28-30-32-34-37-39-42-45-48-51-54-57-66(70)75-61-65(79-68(72)59-56-53-50-47-44-41-38-35-33-31-29-26-23-20-17-14-11-8-5-2)63-77-80(73,74)76-62-64(60-69)78-67(71)58-55-52-49-46-43-40-36-27-24-21-18-15-12-9-6-3/h7,9-10,12,16-21,25-29,32-36,43,46,64-65,69H,4-6,8,11,13-15,22-24,30-31,37-42,44-45,47-63H2,1-3H3,(H,73,74)/b10-7-,12-9-,19-16-,20-17-,21-18-,28-25-,29-26-,34-32-,35-33-,36-27-,46-43-. The van der Waals surface area contributed by atoms with Crippen molar-refractivity contribution in [3.05, 3.63) is 134 Å². The zero-order valence-corrected chi connectivity index (χ0v) is 51.1. The van der Waals surface area contributed by atoms with Crippen LogP contribution in [0.15, 0.2) is 134 Å². The fourth-order valence-corrected chi connectivity index (χ4v) is 8.66. The highest BCUT2D eigenvalue weighted by Gasteiger charge is 2.28. The summed E-state index contributed by atoms with van der Waals surface area (Å²) in [6.45, 7) is 4.31. The number of phosphoric acid groups is 1. The van der Waals surface area contributed by atoms with E-state index in [1.165, 1.54) is 25.7 Å². The molecule has 0 saturated heterocycles. The van der Waals surface area contributed by atoms with E-state index in [0.29, 0.717) is 19.3 Å². The summed E-state index contributed by atoms with van der Waals surface area (Å²) in [5.41, 5.74) is 0. The van der Waals surface area contributed by atoms with Gasteiger partial charge in [0.25, 0.3) is 0 Å². The van der Waals surface area contributed by atoms with Gasteiger partial charge >= 0.3 is 25.7 Å². The molecular weight excluding hydrogens is 1020 g/mol. The Labute approximate surface area is 487 Å². The molecule has 0 heterocycles. The van der Waals surface area contributed by atoms with E-state index in [2.05, 4.69) is 154 Å². The summed E-state index contributed by atoms with van der Waals surface area (Å²) < 4.78 is 39.6. The van der Waals surface area contributed by atoms with Gasteiger partial charge in [-0.25, -0.2) is 4.57 Å². The molecule has 0 aliphatic heterocycles. The van der Waals surface area contributed by atoms with Crippen molar-refractivity contribution >= 4 is 25.7 Å². The van der Waals surface area contributed by atoms with Gasteiger partial charge in [-0.05, 0) is 135 Å². The molecule has 0 aliphatic rings. The summed E-state index contributed by atoms with van der Waals surface area (Å²) in [6, 6.07) is 0. The molecule has 0 radical (unpaired) electrons. The number of phosphoric ester groups is 1. The molecule has 0 saturated carbocycles. The summed E-state index contributed by atoms with van der Waals surface area (Å²) >= 11 is 0. The van der Waals surface area contributed by atoms with Gasteiger partial charge in [-0.2, -0.15) is 0 Å². The summed E-state index contributed by atoms with van der Waals surface area (Å²) in [4.78, 5) is 48.7. The minimum atomic E-state index is -4.78. The van der Waals surface area contributed by atoms with Gasteiger partial charge < -0.3 is 24.2 Å². The highest BCUT2D eigenvalue weighted by atomic mass is 31.2. The summed E-state index contributed by atoms with van der Waals surface area (Å²) in [7, 11) is -4.78. The third-order valence-electron chi connectivity index (χ3n) is 12.5. The second-order valence-corrected chi connectivity index (χ2v) is 21.6. The lowest BCUT2D eigenvalue weighted by molar-refractivity contribution is -0.161. The predicted octanol–water partition coefficient (Wildman–Crippen LogP) is 18.9. The van der Waals surface area contributed by atoms with Gasteiger partial charge in [-0.1, -0.05) is 219 Å². The van der Waals surface area contributed by atoms with Crippen molar-refractivity contribution in [2.75, 3.05) is 26.4 Å². The first-order chi connectivity index (χ1) is 39.2. The number of carbonyl (C=O) groups excluding carboxylic acids is 3. The Morgan fingerprint density at radius 3 is 1.02 bits per heavy atom. The lowest BCUT2D eigenvalue weighted by atomic mass is 10.1. The van der Waals surface area contributed by atoms with E-state index in [4.69, 9.17) is 23.3 Å². The first kappa shape index (κ1) is 75.6. The molecule has 3 atom stereocenters. The van der Waals surface area contributed by atoms with Crippen molar-refractivity contribution in [1.29, 1.82) is 0 Å². The van der Waals surface area contributed by atoms with Crippen LogP contribution in [-0.2, 0) is 42.2 Å². The highest BCUT2D eigenvalue weighted by Crippen LogP contribution is 2.43. The zero-order valence-electron chi connectivity index (χ0n) is 50.2. The second kappa shape index (κ2) is 60.7. The Morgan fingerprint density at radius 2 is 0.650 bits per heavy atom. The maximum absolute atomic E-state index is 13.0. The number of aliphatic hydroxyl groups is 1. The molecule has 0 fully saturated rings. The fraction of sp³-hybridized carbons (Fsp3) is 0.632. The van der Waals surface area contributed by atoms with E-state index in [0.717, 1.165) is 154 Å². The third kappa shape index (κ3) is 58.3. The fourth-order valence-electron chi connectivity index (χ4n) is 7.87. The minimum Gasteiger partial charge on any atom is -0.462 e. The smallest absolute Gasteiger partial charge is 0.462 e. The van der Waals surface area contributed by atoms with Crippen molar-refractivity contribution in [2.45, 2.75) is 251 Å². The first-order valence-corrected chi connectivity index (χ1v) is 32.6. The number of esters is 3. The Hall–Kier alpha value is -4.38. The Morgan fingerprint density at radius 1 is 0.362 bits per heavy atom. The van der Waals surface area contributed by atoms with Crippen molar-refractivity contribution < 1.29 is 52.2 Å². The molecule has 0 spiro atoms. The summed E-state index contributed by atoms with van der Waals surface area (Å²) in [5, 5.41) is 9.83. The van der Waals surface area contributed by atoms with E-state index in [1.807, 2.05) is 0 Å². The van der Waals surface area contributed by atoms with Crippen molar-refractivity contribution in [3.8, 4) is 0 Å². The molecule has 0 aromatic carbocycles. The SMILES string of the molecule is CC/C=C\C/C=C\C/C=C\C/C=C\CCCCCCCCC(=O)OCC(COP(=O)(O)OCC(CO)OC(=O)CCCC/C=C\C/C=C\C/C=C\C/C=C\CC)OC(=O)CCCCCCCC/C=C\C/C=C\C/C=C\CCCCC. The molecule has 80 heavy (non-hydrogen) atoms. The van der Waals surface area contributed by atoms with Crippen LogP contribution in [0.2, 0.25) is 0 Å². The predicted molar refractivity (Wildman–Crippen MR) is 334 cm³/mol. The average molecular weight is 1140 g/mol. The maximum Gasteiger partial charge on any atom is 0.472 e. The molecule has 12 heteroatoms. The van der Waals surface area contributed by atoms with Gasteiger partial charge in [0.1, 0.15) is 12.7 Å². The number of rotatable bonds is 56. The number of hydrogen-bond acceptors (Lipinski definition) is 10. The zero-order chi connectivity index (χ0) is 58.3. The molecular formula is C68H111O11P. The van der Waals surface area contributed by atoms with Crippen LogP contribution in [0.3, 0.4) is 0 Å². The molecule has 3 unspecified atom stereocenters. The van der Waals surface area contributed by atoms with Gasteiger partial charge in [-0.3, -0.25) is 23.4 Å². The van der Waals surface area contributed by atoms with E-state index >= 15 is 0 Å². The quantitative estimate of drug-likeness (QED) is 0.0197. The van der Waals surface area contributed by atoms with Crippen molar-refractivity contribution in [1.82, 2.24) is 0 Å². The molecule has 454 valence electrons. The van der Waals surface area contributed by atoms with Gasteiger partial charge in [0, 0.05) is 19.3 Å². The number of carbonyl (C=O) groups is 3. The number of aliphatic hydroxyl groups excluding tert-OH is 1. The number of ether oxygens (including phenoxy) is 3. The van der Waals surface area contributed by atoms with Crippen LogP contribution >= 0.6 is 7.82 Å². The summed E-state index contributed by atoms with van der Waals surface area (Å²) in [5.74, 6) is -1.55. The van der Waals surface area contributed by atoms with Crippen LogP contribution < -0.4 is 0 Å². The first-order valence-electron chi connectivity index (χ1n) is 31.1. The van der Waals surface area contributed by atoms with Gasteiger partial charge in [0.2, 0.25) is 0 Å². The van der Waals surface area contributed by atoms with Gasteiger partial charge in [-0.15, -0.1) is 0 Å². The van der Waals surface area contributed by atoms with E-state index in [9.17, 15) is 28.9 Å². The van der Waals surface area contributed by atoms with Gasteiger partial charge in [0.15, 0.2) is 6.10 Å². The van der Waals surface area contributed by atoms with E-state index in [1.54, 1.807) is 0 Å². The molecule has 0 aliphatic carbocycles. The largest absolute Gasteiger partial charge is 0.472 e. The lowest BCUT2D eigenvalue weighted by Gasteiger charge is -2.21. The van der Waals surface area contributed by atoms with Crippen LogP contribution in [0, 0.1) is 0 Å². The monoisotopic (exact) mass is 1130 g/mol. The Kier molecular flexibility index (Phi) is 57.4. The number of hydrogen-bond donors (Lipinski definition) is 2. The molecule has 2 N–H and O–H groups in total. The van der Waals surface area contributed by atoms with Crippen LogP contribution in [0.25, 0.3) is 0 Å². The minimum absolute atomic E-state index is 0.116. The third-order valence-corrected chi connectivity index (χ3v) is 13.5. The lowest BCUT2D eigenvalue weighted by Crippen LogP contribution is -2.30. The van der Waals surface area contributed by atoms with Crippen LogP contribution in [-0.4, -0.2) is 66.5 Å². The van der Waals surface area contributed by atoms with E-state index < -0.39 is 57.8 Å².